The molecule has 0 aromatic rings. The Morgan fingerprint density at radius 3 is 1.07 bits per heavy atom. The number of aliphatic hydroxyl groups is 11. The van der Waals surface area contributed by atoms with Crippen LogP contribution in [0.15, 0.2) is 24.3 Å². The maximum Gasteiger partial charge on any atom is 0.220 e. The lowest BCUT2D eigenvalue weighted by Gasteiger charge is -2.48. The molecule has 0 aliphatic carbocycles. The normalized spacial score (nSPS) is 27.9. The zero-order chi connectivity index (χ0) is 66.1. The van der Waals surface area contributed by atoms with E-state index < -0.39 is 124 Å². The summed E-state index contributed by atoms with van der Waals surface area (Å²) in [6.07, 6.45) is 36.1. The minimum Gasteiger partial charge on any atom is -0.394 e. The number of carbonyl (C=O) groups is 1. The summed E-state index contributed by atoms with van der Waals surface area (Å²) in [6.45, 7) is 1.74. The van der Waals surface area contributed by atoms with Gasteiger partial charge in [0.25, 0.3) is 0 Å². The second-order valence-corrected chi connectivity index (χ2v) is 26.8. The van der Waals surface area contributed by atoms with Crippen LogP contribution in [0.2, 0.25) is 0 Å². The summed E-state index contributed by atoms with van der Waals surface area (Å²) in [4.78, 5) is 13.4. The highest BCUT2D eigenvalue weighted by molar-refractivity contribution is 5.76. The molecule has 1 amide bonds. The van der Waals surface area contributed by atoms with E-state index in [2.05, 4.69) is 31.3 Å². The third-order valence-electron chi connectivity index (χ3n) is 18.7. The smallest absolute Gasteiger partial charge is 0.220 e. The molecule has 3 aliphatic rings. The summed E-state index contributed by atoms with van der Waals surface area (Å²) >= 11 is 0. The fraction of sp³-hybridized carbons (Fsp3) is 0.931. The first-order valence-corrected chi connectivity index (χ1v) is 37.1. The summed E-state index contributed by atoms with van der Waals surface area (Å²) in [5, 5.41) is 121. The van der Waals surface area contributed by atoms with Crippen LogP contribution in [0.4, 0.5) is 0 Å². The van der Waals surface area contributed by atoms with Gasteiger partial charge in [0.2, 0.25) is 5.91 Å². The first-order valence-electron chi connectivity index (χ1n) is 37.1. The molecule has 0 saturated carbocycles. The van der Waals surface area contributed by atoms with E-state index >= 15 is 0 Å². The number of carbonyl (C=O) groups excluding carboxylic acids is 1. The lowest BCUT2D eigenvalue weighted by molar-refractivity contribution is -0.379. The number of rotatable bonds is 58. The van der Waals surface area contributed by atoms with Gasteiger partial charge in [-0.2, -0.15) is 0 Å². The van der Waals surface area contributed by atoms with E-state index in [0.717, 1.165) is 64.2 Å². The molecular weight excluding hydrogens is 1170 g/mol. The number of amides is 1. The zero-order valence-corrected chi connectivity index (χ0v) is 56.8. The quantitative estimate of drug-likeness (QED) is 0.0199. The number of nitrogens with one attached hydrogen (secondary N) is 1. The topological polar surface area (TPSA) is 307 Å². The predicted molar refractivity (Wildman–Crippen MR) is 356 cm³/mol. The van der Waals surface area contributed by atoms with E-state index in [9.17, 15) is 61.0 Å². The Morgan fingerprint density at radius 2 is 0.692 bits per heavy atom. The average Bonchev–Trinajstić information content (AvgIpc) is 0.850. The summed E-state index contributed by atoms with van der Waals surface area (Å²) in [5.41, 5.74) is 0. The van der Waals surface area contributed by atoms with Crippen LogP contribution >= 0.6 is 0 Å². The molecule has 3 fully saturated rings. The molecule has 19 nitrogen and oxygen atoms in total. The van der Waals surface area contributed by atoms with Crippen molar-refractivity contribution < 1.29 is 89.4 Å². The van der Waals surface area contributed by atoms with Gasteiger partial charge in [-0.25, -0.2) is 0 Å². The van der Waals surface area contributed by atoms with Crippen LogP contribution in [-0.4, -0.2) is 193 Å². The molecular formula is C72H135NO18. The van der Waals surface area contributed by atoms with Crippen molar-refractivity contribution >= 4 is 5.91 Å². The van der Waals surface area contributed by atoms with Crippen molar-refractivity contribution in [3.63, 3.8) is 0 Å². The number of hydrogen-bond acceptors (Lipinski definition) is 18. The Balaban J connectivity index is 1.37. The van der Waals surface area contributed by atoms with Crippen molar-refractivity contribution in [2.75, 3.05) is 26.4 Å². The lowest BCUT2D eigenvalue weighted by Crippen LogP contribution is -2.66. The number of hydrogen-bond donors (Lipinski definition) is 12. The Kier molecular flexibility index (Phi) is 49.8. The van der Waals surface area contributed by atoms with Gasteiger partial charge in [-0.05, 0) is 44.9 Å². The van der Waals surface area contributed by atoms with Crippen molar-refractivity contribution in [2.24, 2.45) is 0 Å². The largest absolute Gasteiger partial charge is 0.394 e. The van der Waals surface area contributed by atoms with Gasteiger partial charge < -0.3 is 89.9 Å². The predicted octanol–water partition coefficient (Wildman–Crippen LogP) is 10.6. The van der Waals surface area contributed by atoms with Crippen molar-refractivity contribution in [3.05, 3.63) is 24.3 Å². The molecule has 19 heteroatoms. The Hall–Kier alpha value is -1.73. The molecule has 3 heterocycles. The van der Waals surface area contributed by atoms with Crippen LogP contribution in [0.5, 0.6) is 0 Å². The second-order valence-electron chi connectivity index (χ2n) is 26.8. The third kappa shape index (κ3) is 35.9. The van der Waals surface area contributed by atoms with Gasteiger partial charge >= 0.3 is 0 Å². The van der Waals surface area contributed by atoms with Gasteiger partial charge in [0.15, 0.2) is 18.9 Å². The van der Waals surface area contributed by atoms with Gasteiger partial charge in [-0.1, -0.05) is 269 Å². The monoisotopic (exact) mass is 1300 g/mol. The standard InChI is InChI=1S/C72H135NO18/c1-3-5-7-9-11-13-15-17-19-20-21-22-23-24-25-26-27-28-29-30-31-32-33-34-35-36-37-39-41-43-45-47-49-56(77)55(73-60(78)50-48-46-44-42-40-38-18-16-14-12-10-8-6-4-2)54-86-70-66(84)63(81)68(58(52-75)88-70)91-72-67(85)64(82)69(59(53-76)89-72)90-71-65(83)62(80)61(79)57(51-74)87-71/h16,18,47,49,55-59,61-72,74-77,79-85H,3-15,17,19-46,48,50-54H2,1-2H3,(H,73,78)/b18-16-,49-47+. The molecule has 0 aromatic carbocycles. The summed E-state index contributed by atoms with van der Waals surface area (Å²) < 4.78 is 34.4. The Bertz CT molecular complexity index is 1750. The molecule has 91 heavy (non-hydrogen) atoms. The van der Waals surface area contributed by atoms with Gasteiger partial charge in [-0.3, -0.25) is 4.79 Å². The minimum absolute atomic E-state index is 0.235. The van der Waals surface area contributed by atoms with E-state index in [-0.39, 0.29) is 18.9 Å². The molecule has 0 spiro atoms. The third-order valence-corrected chi connectivity index (χ3v) is 18.7. The molecule has 0 radical (unpaired) electrons. The minimum atomic E-state index is -1.98. The molecule has 17 unspecified atom stereocenters. The van der Waals surface area contributed by atoms with Crippen molar-refractivity contribution in [1.29, 1.82) is 0 Å². The van der Waals surface area contributed by atoms with Crippen LogP contribution in [0.3, 0.4) is 0 Å². The fourth-order valence-corrected chi connectivity index (χ4v) is 12.7. The van der Waals surface area contributed by atoms with E-state index in [1.807, 2.05) is 6.08 Å². The van der Waals surface area contributed by atoms with Crippen molar-refractivity contribution in [3.8, 4) is 0 Å². The fourth-order valence-electron chi connectivity index (χ4n) is 12.7. The molecule has 0 aromatic heterocycles. The zero-order valence-electron chi connectivity index (χ0n) is 56.8. The summed E-state index contributed by atoms with van der Waals surface area (Å²) in [5.74, 6) is -0.281. The van der Waals surface area contributed by atoms with Crippen LogP contribution in [-0.2, 0) is 33.2 Å². The van der Waals surface area contributed by atoms with Gasteiger partial charge in [0.05, 0.1) is 38.6 Å². The highest BCUT2D eigenvalue weighted by Gasteiger charge is 2.53. The maximum atomic E-state index is 13.4. The van der Waals surface area contributed by atoms with E-state index in [4.69, 9.17) is 28.4 Å². The molecule has 12 N–H and O–H groups in total. The van der Waals surface area contributed by atoms with Crippen LogP contribution in [0.25, 0.3) is 0 Å². The second kappa shape index (κ2) is 54.3. The van der Waals surface area contributed by atoms with Crippen LogP contribution in [0.1, 0.15) is 296 Å². The summed E-state index contributed by atoms with van der Waals surface area (Å²) in [7, 11) is 0. The Labute approximate surface area is 549 Å². The van der Waals surface area contributed by atoms with Crippen molar-refractivity contribution in [1.82, 2.24) is 5.32 Å². The highest BCUT2D eigenvalue weighted by Crippen LogP contribution is 2.33. The van der Waals surface area contributed by atoms with Crippen LogP contribution < -0.4 is 5.32 Å². The summed E-state index contributed by atoms with van der Waals surface area (Å²) in [6, 6.07) is -0.976. The molecule has 536 valence electrons. The molecule has 3 rings (SSSR count). The van der Waals surface area contributed by atoms with Gasteiger partial charge in [-0.15, -0.1) is 0 Å². The first-order chi connectivity index (χ1) is 44.3. The molecule has 0 bridgehead atoms. The SMILES string of the molecule is CCCCCCC/C=C\CCCCCCCC(=O)NC(COC1OC(CO)C(OC2OC(CO)C(OC3OC(CO)C(O)C(O)C3O)C(O)C2O)C(O)C1O)C(O)/C=C/CCCCCCCCCCCCCCCCCCCCCCCCCCCCCCCC. The molecule has 3 saturated heterocycles. The lowest BCUT2D eigenvalue weighted by atomic mass is 9.96. The highest BCUT2D eigenvalue weighted by atomic mass is 16.8. The van der Waals surface area contributed by atoms with E-state index in [1.165, 1.54) is 205 Å². The Morgan fingerprint density at radius 1 is 0.385 bits per heavy atom. The average molecular weight is 1300 g/mol. The van der Waals surface area contributed by atoms with Crippen molar-refractivity contribution in [2.45, 2.75) is 401 Å². The number of allylic oxidation sites excluding steroid dienone is 3. The van der Waals surface area contributed by atoms with Gasteiger partial charge in [0, 0.05) is 6.42 Å². The molecule has 3 aliphatic heterocycles. The first kappa shape index (κ1) is 83.5. The van der Waals surface area contributed by atoms with Gasteiger partial charge in [0.1, 0.15) is 73.2 Å². The number of aliphatic hydroxyl groups excluding tert-OH is 11. The van der Waals surface area contributed by atoms with E-state index in [0.29, 0.717) is 6.42 Å². The van der Waals surface area contributed by atoms with Crippen LogP contribution in [0, 0.1) is 0 Å². The maximum absolute atomic E-state index is 13.4. The molecule has 17 atom stereocenters. The number of unbranched alkanes of at least 4 members (excludes halogenated alkanes) is 40. The van der Waals surface area contributed by atoms with E-state index in [1.54, 1.807) is 6.08 Å². The number of ether oxygens (including phenoxy) is 6.